The molecule has 1 aromatic carbocycles. The van der Waals surface area contributed by atoms with Crippen LogP contribution in [0.15, 0.2) is 29.4 Å². The van der Waals surface area contributed by atoms with E-state index in [1.54, 1.807) is 18.2 Å². The van der Waals surface area contributed by atoms with Gasteiger partial charge in [0.25, 0.3) is 0 Å². The zero-order valence-electron chi connectivity index (χ0n) is 19.1. The molecule has 32 heavy (non-hydrogen) atoms. The van der Waals surface area contributed by atoms with Gasteiger partial charge in [0.2, 0.25) is 5.91 Å². The van der Waals surface area contributed by atoms with Gasteiger partial charge in [0.05, 0.1) is 5.25 Å². The van der Waals surface area contributed by atoms with Crippen LogP contribution in [0.25, 0.3) is 0 Å². The molecule has 1 aromatic heterocycles. The Hall–Kier alpha value is -2.09. The van der Waals surface area contributed by atoms with Crippen LogP contribution in [0.4, 0.5) is 4.39 Å². The van der Waals surface area contributed by atoms with Crippen molar-refractivity contribution >= 4 is 17.7 Å². The van der Waals surface area contributed by atoms with Crippen LogP contribution in [0, 0.1) is 23.6 Å². The normalized spacial score (nSPS) is 23.8. The summed E-state index contributed by atoms with van der Waals surface area (Å²) in [6.07, 6.45) is 6.08. The molecule has 1 heterocycles. The number of rotatable bonds is 10. The average molecular weight is 461 g/mol. The van der Waals surface area contributed by atoms with E-state index in [2.05, 4.69) is 27.0 Å². The van der Waals surface area contributed by atoms with Crippen molar-refractivity contribution in [2.24, 2.45) is 17.8 Å². The second-order valence-electron chi connectivity index (χ2n) is 9.12. The van der Waals surface area contributed by atoms with Crippen LogP contribution in [-0.4, -0.2) is 32.5 Å². The van der Waals surface area contributed by atoms with E-state index in [0.29, 0.717) is 18.3 Å². The molecule has 1 amide bonds. The van der Waals surface area contributed by atoms with Gasteiger partial charge >= 0.3 is 0 Å². The van der Waals surface area contributed by atoms with Crippen LogP contribution in [0.1, 0.15) is 64.7 Å². The number of nitrogens with one attached hydrogen (secondary N) is 1. The van der Waals surface area contributed by atoms with Crippen LogP contribution >= 0.6 is 11.8 Å². The summed E-state index contributed by atoms with van der Waals surface area (Å²) in [5.41, 5.74) is 0. The summed E-state index contributed by atoms with van der Waals surface area (Å²) in [7, 11) is 0. The van der Waals surface area contributed by atoms with Crippen LogP contribution < -0.4 is 10.1 Å². The zero-order chi connectivity index (χ0) is 22.7. The van der Waals surface area contributed by atoms with Gasteiger partial charge in [0, 0.05) is 12.6 Å². The number of aromatic nitrogens is 3. The smallest absolute Gasteiger partial charge is 0.233 e. The maximum absolute atomic E-state index is 14.1. The lowest BCUT2D eigenvalue weighted by molar-refractivity contribution is -0.120. The van der Waals surface area contributed by atoms with Gasteiger partial charge in [-0.3, -0.25) is 9.36 Å². The van der Waals surface area contributed by atoms with Gasteiger partial charge in [-0.05, 0) is 69.4 Å². The first-order valence-corrected chi connectivity index (χ1v) is 12.6. The molecular formula is C24H33FN4O2S. The molecule has 0 radical (unpaired) electrons. The number of hydrogen-bond acceptors (Lipinski definition) is 5. The van der Waals surface area contributed by atoms with Crippen molar-refractivity contribution in [1.82, 2.24) is 20.1 Å². The van der Waals surface area contributed by atoms with Crippen molar-refractivity contribution in [3.8, 4) is 5.75 Å². The first-order valence-electron chi connectivity index (χ1n) is 11.7. The van der Waals surface area contributed by atoms with Crippen LogP contribution in [-0.2, 0) is 11.4 Å². The fourth-order valence-electron chi connectivity index (χ4n) is 5.28. The maximum atomic E-state index is 14.1. The Bertz CT molecular complexity index is 936. The van der Waals surface area contributed by atoms with Crippen molar-refractivity contribution in [3.05, 3.63) is 35.9 Å². The molecule has 2 fully saturated rings. The lowest BCUT2D eigenvalue weighted by Gasteiger charge is -2.30. The van der Waals surface area contributed by atoms with Gasteiger partial charge in [-0.1, -0.05) is 37.2 Å². The number of hydrogen-bond donors (Lipinski definition) is 1. The molecule has 2 aliphatic rings. The number of para-hydroxylation sites is 1. The Morgan fingerprint density at radius 2 is 2.09 bits per heavy atom. The predicted octanol–water partition coefficient (Wildman–Crippen LogP) is 5.00. The number of fused-ring (bicyclic) bond motifs is 2. The fourth-order valence-corrected chi connectivity index (χ4v) is 6.26. The number of ether oxygens (including phenoxy) is 1. The molecule has 0 spiro atoms. The van der Waals surface area contributed by atoms with E-state index in [1.807, 2.05) is 13.8 Å². The van der Waals surface area contributed by atoms with Gasteiger partial charge in [-0.2, -0.15) is 0 Å². The van der Waals surface area contributed by atoms with E-state index < -0.39 is 5.82 Å². The molecule has 0 aliphatic heterocycles. The molecular weight excluding hydrogens is 427 g/mol. The maximum Gasteiger partial charge on any atom is 0.233 e. The molecule has 5 atom stereocenters. The van der Waals surface area contributed by atoms with Crippen molar-refractivity contribution < 1.29 is 13.9 Å². The molecule has 5 unspecified atom stereocenters. The Balaban J connectivity index is 1.55. The number of thioether (sulfide) groups is 1. The Labute approximate surface area is 193 Å². The molecule has 0 saturated heterocycles. The van der Waals surface area contributed by atoms with Crippen molar-refractivity contribution in [3.63, 3.8) is 0 Å². The summed E-state index contributed by atoms with van der Waals surface area (Å²) in [6, 6.07) is 6.59. The van der Waals surface area contributed by atoms with E-state index in [4.69, 9.17) is 4.74 Å². The first-order chi connectivity index (χ1) is 15.5. The molecule has 2 aromatic rings. The van der Waals surface area contributed by atoms with Crippen LogP contribution in [0.2, 0.25) is 0 Å². The Morgan fingerprint density at radius 1 is 1.28 bits per heavy atom. The SMILES string of the molecule is CCCNC(=O)C(C)Sc1nnc(COc2ccccc2F)n1C(C)C1CC2CCC1C2. The second-order valence-corrected chi connectivity index (χ2v) is 10.4. The highest BCUT2D eigenvalue weighted by molar-refractivity contribution is 8.00. The third-order valence-corrected chi connectivity index (χ3v) is 8.01. The third-order valence-electron chi connectivity index (χ3n) is 6.95. The standard InChI is InChI=1S/C24H33FN4O2S/c1-4-11-26-23(30)16(3)32-24-28-27-22(14-31-21-8-6-5-7-20(21)25)29(24)15(2)19-13-17-9-10-18(19)12-17/h5-8,15-19H,4,9-14H2,1-3H3,(H,26,30). The summed E-state index contributed by atoms with van der Waals surface area (Å²) in [6.45, 7) is 6.96. The van der Waals surface area contributed by atoms with E-state index in [9.17, 15) is 9.18 Å². The summed E-state index contributed by atoms with van der Waals surface area (Å²) < 4.78 is 22.0. The summed E-state index contributed by atoms with van der Waals surface area (Å²) in [5.74, 6) is 2.63. The number of amides is 1. The zero-order valence-corrected chi connectivity index (χ0v) is 19.9. The van der Waals surface area contributed by atoms with Crippen LogP contribution in [0.5, 0.6) is 5.75 Å². The Kier molecular flexibility index (Phi) is 7.38. The lowest BCUT2D eigenvalue weighted by atomic mass is 9.84. The highest BCUT2D eigenvalue weighted by Crippen LogP contribution is 2.52. The largest absolute Gasteiger partial charge is 0.483 e. The summed E-state index contributed by atoms with van der Waals surface area (Å²) >= 11 is 1.43. The van der Waals surface area contributed by atoms with Gasteiger partial charge < -0.3 is 10.1 Å². The Morgan fingerprint density at radius 3 is 2.78 bits per heavy atom. The van der Waals surface area contributed by atoms with E-state index >= 15 is 0 Å². The topological polar surface area (TPSA) is 69.0 Å². The van der Waals surface area contributed by atoms with Gasteiger partial charge in [-0.25, -0.2) is 4.39 Å². The quantitative estimate of drug-likeness (QED) is 0.505. The molecule has 2 bridgehead atoms. The number of carbonyl (C=O) groups excluding carboxylic acids is 1. The number of benzene rings is 1. The molecule has 174 valence electrons. The number of halogens is 1. The third kappa shape index (κ3) is 4.95. The molecule has 4 rings (SSSR count). The fraction of sp³-hybridized carbons (Fsp3) is 0.625. The van der Waals surface area contributed by atoms with Gasteiger partial charge in [0.1, 0.15) is 6.61 Å². The molecule has 6 nitrogen and oxygen atoms in total. The van der Waals surface area contributed by atoms with E-state index in [1.165, 1.54) is 43.5 Å². The monoisotopic (exact) mass is 460 g/mol. The highest BCUT2D eigenvalue weighted by Gasteiger charge is 2.43. The minimum absolute atomic E-state index is 0.00290. The van der Waals surface area contributed by atoms with Gasteiger partial charge in [0.15, 0.2) is 22.5 Å². The highest BCUT2D eigenvalue weighted by atomic mass is 32.2. The summed E-state index contributed by atoms with van der Waals surface area (Å²) in [4.78, 5) is 12.4. The lowest BCUT2D eigenvalue weighted by Crippen LogP contribution is -2.32. The van der Waals surface area contributed by atoms with Crippen molar-refractivity contribution in [1.29, 1.82) is 0 Å². The average Bonchev–Trinajstić information content (AvgIpc) is 3.52. The van der Waals surface area contributed by atoms with Crippen molar-refractivity contribution in [2.45, 2.75) is 75.9 Å². The minimum Gasteiger partial charge on any atom is -0.483 e. The number of nitrogens with zero attached hydrogens (tertiary/aromatic N) is 3. The van der Waals surface area contributed by atoms with E-state index in [-0.39, 0.29) is 29.6 Å². The van der Waals surface area contributed by atoms with Crippen molar-refractivity contribution in [2.75, 3.05) is 6.54 Å². The molecule has 2 saturated carbocycles. The van der Waals surface area contributed by atoms with Crippen LogP contribution in [0.3, 0.4) is 0 Å². The van der Waals surface area contributed by atoms with Gasteiger partial charge in [-0.15, -0.1) is 10.2 Å². The molecule has 1 N–H and O–H groups in total. The van der Waals surface area contributed by atoms with E-state index in [0.717, 1.165) is 23.4 Å². The molecule has 2 aliphatic carbocycles. The number of carbonyl (C=O) groups is 1. The first kappa shape index (κ1) is 23.1. The summed E-state index contributed by atoms with van der Waals surface area (Å²) in [5, 5.41) is 12.2. The second kappa shape index (κ2) is 10.2. The minimum atomic E-state index is -0.393. The molecule has 8 heteroatoms. The predicted molar refractivity (Wildman–Crippen MR) is 123 cm³/mol.